The van der Waals surface area contributed by atoms with E-state index in [0.29, 0.717) is 11.8 Å². The summed E-state index contributed by atoms with van der Waals surface area (Å²) in [7, 11) is 0. The van der Waals surface area contributed by atoms with Crippen LogP contribution in [-0.4, -0.2) is 18.4 Å². The summed E-state index contributed by atoms with van der Waals surface area (Å²) in [4.78, 5) is 24.1. The molecule has 4 bridgehead atoms. The molecule has 4 fully saturated rings. The number of nitrogens with one attached hydrogen (secondary N) is 2. The summed E-state index contributed by atoms with van der Waals surface area (Å²) in [5, 5.41) is 6.05. The predicted molar refractivity (Wildman–Crippen MR) is 106 cm³/mol. The summed E-state index contributed by atoms with van der Waals surface area (Å²) in [6.07, 6.45) is 9.94. The van der Waals surface area contributed by atoms with Crippen LogP contribution >= 0.6 is 0 Å². The second-order valence-corrected chi connectivity index (χ2v) is 9.39. The van der Waals surface area contributed by atoms with Crippen LogP contribution in [0.4, 0.5) is 0 Å². The first-order valence-corrected chi connectivity index (χ1v) is 10.6. The minimum atomic E-state index is -0.261. The van der Waals surface area contributed by atoms with E-state index in [9.17, 15) is 9.59 Å². The highest BCUT2D eigenvalue weighted by Gasteiger charge is 2.50. The average molecular weight is 369 g/mol. The Morgan fingerprint density at radius 1 is 1.04 bits per heavy atom. The molecule has 0 saturated heterocycles. The van der Waals surface area contributed by atoms with E-state index in [0.717, 1.165) is 36.3 Å². The van der Waals surface area contributed by atoms with E-state index in [1.165, 1.54) is 45.4 Å². The molecule has 4 nitrogen and oxygen atoms in total. The van der Waals surface area contributed by atoms with Crippen LogP contribution in [0, 0.1) is 23.2 Å². The summed E-state index contributed by atoms with van der Waals surface area (Å²) in [5.41, 5.74) is 1.47. The van der Waals surface area contributed by atoms with Crippen molar-refractivity contribution in [1.82, 2.24) is 10.6 Å². The molecule has 4 heteroatoms. The third kappa shape index (κ3) is 4.36. The largest absolute Gasteiger partial charge is 0.356 e. The molecule has 5 rings (SSSR count). The standard InChI is InChI=1S/C23H32N2O2/c1-16(26)25-21(20-5-3-2-4-6-20)12-22(27)24-8-7-23-13-17-9-18(14-23)11-19(10-17)15-23/h2-6,17-19,21H,7-15H2,1H3,(H,24,27)(H,25,26). The Morgan fingerprint density at radius 3 is 2.19 bits per heavy atom. The molecule has 0 aromatic heterocycles. The van der Waals surface area contributed by atoms with Gasteiger partial charge in [-0.05, 0) is 73.7 Å². The maximum atomic E-state index is 12.5. The molecule has 2 amide bonds. The Kier molecular flexibility index (Phi) is 5.25. The highest BCUT2D eigenvalue weighted by molar-refractivity contribution is 5.79. The van der Waals surface area contributed by atoms with Crippen LogP contribution in [-0.2, 0) is 9.59 Å². The maximum absolute atomic E-state index is 12.5. The molecule has 0 spiro atoms. The number of benzene rings is 1. The lowest BCUT2D eigenvalue weighted by molar-refractivity contribution is -0.123. The normalized spacial score (nSPS) is 32.1. The lowest BCUT2D eigenvalue weighted by Gasteiger charge is -2.57. The SMILES string of the molecule is CC(=O)NC(CC(=O)NCCC12CC3CC(CC(C3)C1)C2)c1ccccc1. The molecule has 1 atom stereocenters. The molecule has 1 aromatic rings. The molecule has 0 heterocycles. The monoisotopic (exact) mass is 368 g/mol. The summed E-state index contributed by atoms with van der Waals surface area (Å²) in [6, 6.07) is 9.49. The van der Waals surface area contributed by atoms with Crippen molar-refractivity contribution in [3.05, 3.63) is 35.9 Å². The number of hydrogen-bond acceptors (Lipinski definition) is 2. The number of carbonyl (C=O) groups excluding carboxylic acids is 2. The fourth-order valence-corrected chi connectivity index (χ4v) is 6.50. The van der Waals surface area contributed by atoms with Gasteiger partial charge in [-0.2, -0.15) is 0 Å². The molecular formula is C23H32N2O2. The third-order valence-electron chi connectivity index (χ3n) is 7.11. The fourth-order valence-electron chi connectivity index (χ4n) is 6.50. The summed E-state index contributed by atoms with van der Waals surface area (Å²) < 4.78 is 0. The van der Waals surface area contributed by atoms with Gasteiger partial charge in [-0.15, -0.1) is 0 Å². The highest BCUT2D eigenvalue weighted by Crippen LogP contribution is 2.61. The van der Waals surface area contributed by atoms with E-state index >= 15 is 0 Å². The van der Waals surface area contributed by atoms with Crippen molar-refractivity contribution in [1.29, 1.82) is 0 Å². The number of rotatable bonds is 7. The van der Waals surface area contributed by atoms with E-state index in [2.05, 4.69) is 10.6 Å². The summed E-state index contributed by atoms with van der Waals surface area (Å²) in [6.45, 7) is 2.27. The van der Waals surface area contributed by atoms with Crippen molar-refractivity contribution in [2.75, 3.05) is 6.54 Å². The molecule has 4 saturated carbocycles. The Bertz CT molecular complexity index is 650. The van der Waals surface area contributed by atoms with Gasteiger partial charge < -0.3 is 10.6 Å². The zero-order chi connectivity index (χ0) is 18.9. The summed E-state index contributed by atoms with van der Waals surface area (Å²) >= 11 is 0. The first-order chi connectivity index (χ1) is 13.0. The quantitative estimate of drug-likeness (QED) is 0.765. The van der Waals surface area contributed by atoms with Crippen LogP contribution < -0.4 is 10.6 Å². The molecule has 146 valence electrons. The van der Waals surface area contributed by atoms with Gasteiger partial charge in [-0.3, -0.25) is 9.59 Å². The van der Waals surface area contributed by atoms with Crippen molar-refractivity contribution < 1.29 is 9.59 Å². The Labute approximate surface area is 162 Å². The van der Waals surface area contributed by atoms with Crippen LogP contribution in [0.25, 0.3) is 0 Å². The van der Waals surface area contributed by atoms with E-state index in [-0.39, 0.29) is 17.9 Å². The van der Waals surface area contributed by atoms with Gasteiger partial charge in [-0.1, -0.05) is 30.3 Å². The van der Waals surface area contributed by atoms with Crippen molar-refractivity contribution in [2.24, 2.45) is 23.2 Å². The fraction of sp³-hybridized carbons (Fsp3) is 0.652. The molecule has 0 aliphatic heterocycles. The van der Waals surface area contributed by atoms with Gasteiger partial charge in [0.25, 0.3) is 0 Å². The Hall–Kier alpha value is -1.84. The zero-order valence-electron chi connectivity index (χ0n) is 16.4. The zero-order valence-corrected chi connectivity index (χ0v) is 16.4. The minimum absolute atomic E-state index is 0.0299. The van der Waals surface area contributed by atoms with E-state index < -0.39 is 0 Å². The van der Waals surface area contributed by atoms with Crippen LogP contribution in [0.15, 0.2) is 30.3 Å². The lowest BCUT2D eigenvalue weighted by atomic mass is 9.49. The third-order valence-corrected chi connectivity index (χ3v) is 7.11. The van der Waals surface area contributed by atoms with Crippen molar-refractivity contribution in [2.45, 2.75) is 64.3 Å². The predicted octanol–water partition coefficient (Wildman–Crippen LogP) is 3.98. The van der Waals surface area contributed by atoms with Gasteiger partial charge >= 0.3 is 0 Å². The van der Waals surface area contributed by atoms with Crippen molar-refractivity contribution >= 4 is 11.8 Å². The molecule has 2 N–H and O–H groups in total. The molecule has 4 aliphatic rings. The number of hydrogen-bond donors (Lipinski definition) is 2. The molecule has 1 unspecified atom stereocenters. The minimum Gasteiger partial charge on any atom is -0.356 e. The molecule has 27 heavy (non-hydrogen) atoms. The van der Waals surface area contributed by atoms with Crippen LogP contribution in [0.1, 0.15) is 69.9 Å². The van der Waals surface area contributed by atoms with Crippen molar-refractivity contribution in [3.63, 3.8) is 0 Å². The van der Waals surface area contributed by atoms with E-state index in [1.54, 1.807) is 0 Å². The van der Waals surface area contributed by atoms with Gasteiger partial charge in [0.15, 0.2) is 0 Å². The smallest absolute Gasteiger partial charge is 0.222 e. The molecular weight excluding hydrogens is 336 g/mol. The molecule has 4 aliphatic carbocycles. The second kappa shape index (κ2) is 7.65. The average Bonchev–Trinajstić information content (AvgIpc) is 2.60. The maximum Gasteiger partial charge on any atom is 0.222 e. The Morgan fingerprint density at radius 2 is 1.63 bits per heavy atom. The first kappa shape index (κ1) is 18.5. The highest BCUT2D eigenvalue weighted by atomic mass is 16.2. The number of amides is 2. The van der Waals surface area contributed by atoms with Crippen LogP contribution in [0.5, 0.6) is 0 Å². The number of carbonyl (C=O) groups is 2. The topological polar surface area (TPSA) is 58.2 Å². The van der Waals surface area contributed by atoms with Gasteiger partial charge in [0.1, 0.15) is 0 Å². The van der Waals surface area contributed by atoms with E-state index in [1.807, 2.05) is 30.3 Å². The molecule has 1 aromatic carbocycles. The van der Waals surface area contributed by atoms with Crippen molar-refractivity contribution in [3.8, 4) is 0 Å². The van der Waals surface area contributed by atoms with Gasteiger partial charge in [-0.25, -0.2) is 0 Å². The lowest BCUT2D eigenvalue weighted by Crippen LogP contribution is -2.47. The summed E-state index contributed by atoms with van der Waals surface area (Å²) in [5.74, 6) is 2.78. The molecule has 0 radical (unpaired) electrons. The van der Waals surface area contributed by atoms with Gasteiger partial charge in [0.05, 0.1) is 12.5 Å². The van der Waals surface area contributed by atoms with Crippen LogP contribution in [0.2, 0.25) is 0 Å². The van der Waals surface area contributed by atoms with Gasteiger partial charge in [0.2, 0.25) is 11.8 Å². The Balaban J connectivity index is 1.29. The van der Waals surface area contributed by atoms with E-state index in [4.69, 9.17) is 0 Å². The van der Waals surface area contributed by atoms with Gasteiger partial charge in [0, 0.05) is 13.5 Å². The second-order valence-electron chi connectivity index (χ2n) is 9.39. The first-order valence-electron chi connectivity index (χ1n) is 10.6. The van der Waals surface area contributed by atoms with Crippen LogP contribution in [0.3, 0.4) is 0 Å².